The van der Waals surface area contributed by atoms with Crippen LogP contribution in [0.15, 0.2) is 6.20 Å². The average Bonchev–Trinajstić information content (AvgIpc) is 2.36. The molecule has 0 saturated heterocycles. The minimum Gasteiger partial charge on any atom is -0.496 e. The molecule has 0 saturated carbocycles. The smallest absolute Gasteiger partial charge is 0.357 e. The van der Waals surface area contributed by atoms with Gasteiger partial charge in [-0.25, -0.2) is 18.6 Å². The lowest BCUT2D eigenvalue weighted by atomic mass is 10.1. The van der Waals surface area contributed by atoms with Crippen molar-refractivity contribution in [1.29, 1.82) is 0 Å². The Morgan fingerprint density at radius 2 is 2.22 bits per heavy atom. The zero-order valence-electron chi connectivity index (χ0n) is 10.1. The molecule has 0 bridgehead atoms. The van der Waals surface area contributed by atoms with Gasteiger partial charge in [-0.15, -0.1) is 0 Å². The summed E-state index contributed by atoms with van der Waals surface area (Å²) in [4.78, 5) is 15.2. The highest BCUT2D eigenvalue weighted by molar-refractivity contribution is 5.90. The molecule has 0 aromatic carbocycles. The van der Waals surface area contributed by atoms with Crippen LogP contribution in [-0.4, -0.2) is 24.7 Å². The Labute approximate surface area is 103 Å². The third-order valence-electron chi connectivity index (χ3n) is 2.25. The Morgan fingerprint density at radius 3 is 2.67 bits per heavy atom. The molecule has 7 heteroatoms. The van der Waals surface area contributed by atoms with Gasteiger partial charge in [-0.1, -0.05) is 0 Å². The zero-order chi connectivity index (χ0) is 13.7. The second kappa shape index (κ2) is 6.25. The molecule has 0 amide bonds. The van der Waals surface area contributed by atoms with E-state index in [0.717, 1.165) is 0 Å². The monoisotopic (exact) mass is 260 g/mol. The summed E-state index contributed by atoms with van der Waals surface area (Å²) in [6, 6.07) is 0. The van der Waals surface area contributed by atoms with Crippen LogP contribution in [0.1, 0.15) is 35.0 Å². The van der Waals surface area contributed by atoms with Gasteiger partial charge < -0.3 is 15.2 Å². The summed E-state index contributed by atoms with van der Waals surface area (Å²) < 4.78 is 35.6. The van der Waals surface area contributed by atoms with Crippen LogP contribution < -0.4 is 10.5 Å². The maximum atomic E-state index is 13.0. The Bertz CT molecular complexity index is 439. The highest BCUT2D eigenvalue weighted by atomic mass is 19.3. The average molecular weight is 260 g/mol. The Hall–Kier alpha value is -1.76. The molecule has 1 aromatic rings. The predicted octanol–water partition coefficient (Wildman–Crippen LogP) is 1.66. The molecule has 0 aliphatic heterocycles. The van der Waals surface area contributed by atoms with Crippen LogP contribution >= 0.6 is 0 Å². The first-order valence-corrected chi connectivity index (χ1v) is 5.27. The van der Waals surface area contributed by atoms with Crippen molar-refractivity contribution in [2.45, 2.75) is 19.9 Å². The van der Waals surface area contributed by atoms with E-state index in [1.807, 2.05) is 0 Å². The summed E-state index contributed by atoms with van der Waals surface area (Å²) in [5.74, 6) is -1.03. The number of pyridine rings is 1. The van der Waals surface area contributed by atoms with E-state index in [0.29, 0.717) is 5.56 Å². The number of aromatic nitrogens is 1. The number of carbonyl (C=O) groups excluding carboxylic acids is 1. The SMILES string of the molecule is CCOC(=O)c1ncc(CN)c(OC)c1C(F)F. The largest absolute Gasteiger partial charge is 0.496 e. The lowest BCUT2D eigenvalue weighted by Crippen LogP contribution is -2.14. The molecule has 100 valence electrons. The van der Waals surface area contributed by atoms with Crippen LogP contribution in [0.4, 0.5) is 8.78 Å². The number of methoxy groups -OCH3 is 1. The minimum absolute atomic E-state index is 0.0149. The predicted molar refractivity (Wildman–Crippen MR) is 59.6 cm³/mol. The lowest BCUT2D eigenvalue weighted by Gasteiger charge is -2.14. The highest BCUT2D eigenvalue weighted by Crippen LogP contribution is 2.34. The van der Waals surface area contributed by atoms with Crippen LogP contribution in [-0.2, 0) is 11.3 Å². The molecular weight excluding hydrogens is 246 g/mol. The number of nitrogens with zero attached hydrogens (tertiary/aromatic N) is 1. The van der Waals surface area contributed by atoms with Gasteiger partial charge in [-0.05, 0) is 6.92 Å². The van der Waals surface area contributed by atoms with Crippen LogP contribution in [0.5, 0.6) is 5.75 Å². The summed E-state index contributed by atoms with van der Waals surface area (Å²) in [5.41, 5.74) is 4.68. The third kappa shape index (κ3) is 2.73. The van der Waals surface area contributed by atoms with Crippen LogP contribution in [0.2, 0.25) is 0 Å². The van der Waals surface area contributed by atoms with Crippen molar-refractivity contribution >= 4 is 5.97 Å². The molecule has 0 spiro atoms. The van der Waals surface area contributed by atoms with Crippen molar-refractivity contribution in [2.24, 2.45) is 5.73 Å². The van der Waals surface area contributed by atoms with Crippen LogP contribution in [0.3, 0.4) is 0 Å². The molecule has 0 radical (unpaired) electrons. The topological polar surface area (TPSA) is 74.4 Å². The summed E-state index contributed by atoms with van der Waals surface area (Å²) in [6.45, 7) is 1.63. The Balaban J connectivity index is 3.39. The number of esters is 1. The first-order chi connectivity index (χ1) is 8.56. The summed E-state index contributed by atoms with van der Waals surface area (Å²) in [5, 5.41) is 0. The molecule has 0 atom stereocenters. The van der Waals surface area contributed by atoms with E-state index in [1.165, 1.54) is 13.3 Å². The van der Waals surface area contributed by atoms with Crippen molar-refractivity contribution in [1.82, 2.24) is 4.98 Å². The number of nitrogens with two attached hydrogens (primary N) is 1. The number of alkyl halides is 2. The second-order valence-electron chi connectivity index (χ2n) is 3.30. The van der Waals surface area contributed by atoms with E-state index < -0.39 is 23.7 Å². The zero-order valence-corrected chi connectivity index (χ0v) is 10.1. The van der Waals surface area contributed by atoms with E-state index in [1.54, 1.807) is 6.92 Å². The van der Waals surface area contributed by atoms with Crippen molar-refractivity contribution in [3.63, 3.8) is 0 Å². The van der Waals surface area contributed by atoms with Gasteiger partial charge in [0.1, 0.15) is 5.75 Å². The number of carbonyl (C=O) groups is 1. The number of hydrogen-bond acceptors (Lipinski definition) is 5. The fourth-order valence-electron chi connectivity index (χ4n) is 1.50. The molecular formula is C11H14F2N2O3. The van der Waals surface area contributed by atoms with Gasteiger partial charge in [0.2, 0.25) is 0 Å². The van der Waals surface area contributed by atoms with E-state index in [9.17, 15) is 13.6 Å². The molecule has 0 aliphatic carbocycles. The third-order valence-corrected chi connectivity index (χ3v) is 2.25. The number of rotatable bonds is 5. The summed E-state index contributed by atoms with van der Waals surface area (Å²) in [6.07, 6.45) is -1.67. The van der Waals surface area contributed by atoms with E-state index in [4.69, 9.17) is 10.5 Å². The Kier molecular flexibility index (Phi) is 4.96. The van der Waals surface area contributed by atoms with Crippen molar-refractivity contribution in [3.05, 3.63) is 23.0 Å². The lowest BCUT2D eigenvalue weighted by molar-refractivity contribution is 0.0506. The van der Waals surface area contributed by atoms with E-state index in [-0.39, 0.29) is 18.9 Å². The molecule has 0 unspecified atom stereocenters. The van der Waals surface area contributed by atoms with Crippen molar-refractivity contribution in [3.8, 4) is 5.75 Å². The molecule has 1 aromatic heterocycles. The summed E-state index contributed by atoms with van der Waals surface area (Å²) in [7, 11) is 1.23. The molecule has 5 nitrogen and oxygen atoms in total. The standard InChI is InChI=1S/C11H14F2N2O3/c1-3-18-11(16)8-7(10(12)13)9(17-2)6(4-14)5-15-8/h5,10H,3-4,14H2,1-2H3. The molecule has 2 N–H and O–H groups in total. The van der Waals surface area contributed by atoms with Gasteiger partial charge in [0.15, 0.2) is 5.69 Å². The fraction of sp³-hybridized carbons (Fsp3) is 0.455. The number of ether oxygens (including phenoxy) is 2. The molecule has 1 rings (SSSR count). The van der Waals surface area contributed by atoms with Gasteiger partial charge in [0.05, 0.1) is 19.3 Å². The first kappa shape index (κ1) is 14.3. The minimum atomic E-state index is -2.90. The van der Waals surface area contributed by atoms with Crippen LogP contribution in [0.25, 0.3) is 0 Å². The number of halogens is 2. The molecule has 0 aliphatic rings. The summed E-state index contributed by atoms with van der Waals surface area (Å²) >= 11 is 0. The number of hydrogen-bond donors (Lipinski definition) is 1. The van der Waals surface area contributed by atoms with E-state index >= 15 is 0 Å². The maximum Gasteiger partial charge on any atom is 0.357 e. The van der Waals surface area contributed by atoms with Crippen molar-refractivity contribution < 1.29 is 23.0 Å². The molecule has 0 fully saturated rings. The molecule has 18 heavy (non-hydrogen) atoms. The normalized spacial score (nSPS) is 10.6. The van der Waals surface area contributed by atoms with Crippen molar-refractivity contribution in [2.75, 3.05) is 13.7 Å². The van der Waals surface area contributed by atoms with Gasteiger partial charge in [0.25, 0.3) is 6.43 Å². The molecule has 1 heterocycles. The van der Waals surface area contributed by atoms with Gasteiger partial charge in [0, 0.05) is 18.3 Å². The van der Waals surface area contributed by atoms with Crippen LogP contribution in [0, 0.1) is 0 Å². The van der Waals surface area contributed by atoms with Gasteiger partial charge in [-0.3, -0.25) is 0 Å². The first-order valence-electron chi connectivity index (χ1n) is 5.27. The van der Waals surface area contributed by atoms with Gasteiger partial charge >= 0.3 is 5.97 Å². The van der Waals surface area contributed by atoms with Gasteiger partial charge in [-0.2, -0.15) is 0 Å². The maximum absolute atomic E-state index is 13.0. The Morgan fingerprint density at radius 1 is 1.56 bits per heavy atom. The quantitative estimate of drug-likeness (QED) is 0.815. The fourth-order valence-corrected chi connectivity index (χ4v) is 1.50. The highest BCUT2D eigenvalue weighted by Gasteiger charge is 2.27. The van der Waals surface area contributed by atoms with E-state index in [2.05, 4.69) is 9.72 Å². The second-order valence-corrected chi connectivity index (χ2v) is 3.30.